The van der Waals surface area contributed by atoms with Crippen molar-refractivity contribution < 1.29 is 9.59 Å². The molecule has 3 rings (SSSR count). The molecule has 2 atom stereocenters. The van der Waals surface area contributed by atoms with Crippen molar-refractivity contribution in [2.45, 2.75) is 24.9 Å². The maximum absolute atomic E-state index is 12.2. The Bertz CT molecular complexity index is 460. The molecule has 2 amide bonds. The third-order valence-corrected chi connectivity index (χ3v) is 3.46. The van der Waals surface area contributed by atoms with E-state index in [0.29, 0.717) is 18.5 Å². The van der Waals surface area contributed by atoms with E-state index in [1.165, 1.54) is 0 Å². The first-order chi connectivity index (χ1) is 8.25. The lowest BCUT2D eigenvalue weighted by Crippen LogP contribution is -2.38. The van der Waals surface area contributed by atoms with Gasteiger partial charge in [-0.05, 0) is 18.6 Å². The number of fused-ring (bicyclic) bond motifs is 1. The Morgan fingerprint density at radius 1 is 1.53 bits per heavy atom. The molecule has 0 radical (unpaired) electrons. The third-order valence-electron chi connectivity index (χ3n) is 3.46. The molecule has 2 aliphatic heterocycles. The van der Waals surface area contributed by atoms with Crippen LogP contribution in [0.5, 0.6) is 0 Å². The van der Waals surface area contributed by atoms with Crippen LogP contribution < -0.4 is 5.32 Å². The van der Waals surface area contributed by atoms with Gasteiger partial charge in [0, 0.05) is 25.4 Å². The first-order valence-corrected chi connectivity index (χ1v) is 5.76. The normalized spacial score (nSPS) is 26.8. The lowest BCUT2D eigenvalue weighted by Gasteiger charge is -2.22. The van der Waals surface area contributed by atoms with Crippen LogP contribution in [-0.2, 0) is 4.79 Å². The minimum absolute atomic E-state index is 0.0233. The van der Waals surface area contributed by atoms with Crippen molar-refractivity contribution >= 4 is 11.8 Å². The fourth-order valence-corrected chi connectivity index (χ4v) is 2.64. The van der Waals surface area contributed by atoms with Crippen molar-refractivity contribution in [1.29, 1.82) is 0 Å². The van der Waals surface area contributed by atoms with Crippen LogP contribution in [0.3, 0.4) is 0 Å². The lowest BCUT2D eigenvalue weighted by molar-refractivity contribution is -0.119. The van der Waals surface area contributed by atoms with Gasteiger partial charge in [-0.1, -0.05) is 0 Å². The van der Waals surface area contributed by atoms with Gasteiger partial charge in [-0.2, -0.15) is 0 Å². The average molecular weight is 231 g/mol. The number of amides is 2. The van der Waals surface area contributed by atoms with E-state index in [1.54, 1.807) is 29.4 Å². The maximum atomic E-state index is 12.2. The highest BCUT2D eigenvalue weighted by atomic mass is 16.2. The van der Waals surface area contributed by atoms with E-state index in [0.717, 1.165) is 6.42 Å². The van der Waals surface area contributed by atoms with E-state index in [-0.39, 0.29) is 23.9 Å². The van der Waals surface area contributed by atoms with Crippen LogP contribution in [0.15, 0.2) is 24.5 Å². The number of carbonyl (C=O) groups excluding carboxylic acids is 2. The predicted molar refractivity (Wildman–Crippen MR) is 60.2 cm³/mol. The van der Waals surface area contributed by atoms with Gasteiger partial charge in [-0.15, -0.1) is 0 Å². The van der Waals surface area contributed by atoms with E-state index in [4.69, 9.17) is 0 Å². The van der Waals surface area contributed by atoms with Crippen molar-refractivity contribution in [2.24, 2.45) is 0 Å². The SMILES string of the molecule is O=C1CC2C(CCN2C(=O)c2cccnc2)N1. The van der Waals surface area contributed by atoms with Crippen molar-refractivity contribution in [3.05, 3.63) is 30.1 Å². The summed E-state index contributed by atoms with van der Waals surface area (Å²) in [5.41, 5.74) is 0.590. The molecular weight excluding hydrogens is 218 g/mol. The second-order valence-corrected chi connectivity index (χ2v) is 4.47. The Labute approximate surface area is 98.8 Å². The van der Waals surface area contributed by atoms with Crippen molar-refractivity contribution in [3.8, 4) is 0 Å². The number of hydrogen-bond donors (Lipinski definition) is 1. The zero-order chi connectivity index (χ0) is 11.8. The van der Waals surface area contributed by atoms with Crippen molar-refractivity contribution in [1.82, 2.24) is 15.2 Å². The average Bonchev–Trinajstić information content (AvgIpc) is 2.88. The van der Waals surface area contributed by atoms with Gasteiger partial charge in [-0.25, -0.2) is 0 Å². The lowest BCUT2D eigenvalue weighted by atomic mass is 10.1. The third kappa shape index (κ3) is 1.67. The Morgan fingerprint density at radius 3 is 3.18 bits per heavy atom. The van der Waals surface area contributed by atoms with Gasteiger partial charge in [0.05, 0.1) is 17.6 Å². The molecule has 2 fully saturated rings. The quantitative estimate of drug-likeness (QED) is 0.750. The number of carbonyl (C=O) groups is 2. The van der Waals surface area contributed by atoms with E-state index in [1.807, 2.05) is 0 Å². The number of pyridine rings is 1. The number of hydrogen-bond acceptors (Lipinski definition) is 3. The molecule has 1 aromatic heterocycles. The fourth-order valence-electron chi connectivity index (χ4n) is 2.64. The molecule has 5 nitrogen and oxygen atoms in total. The second-order valence-electron chi connectivity index (χ2n) is 4.47. The molecule has 1 aromatic rings. The number of nitrogens with one attached hydrogen (secondary N) is 1. The zero-order valence-electron chi connectivity index (χ0n) is 9.30. The molecule has 0 spiro atoms. The molecule has 88 valence electrons. The Balaban J connectivity index is 1.82. The minimum atomic E-state index is -0.0258. The van der Waals surface area contributed by atoms with Crippen molar-refractivity contribution in [2.75, 3.05) is 6.54 Å². The molecule has 2 aliphatic rings. The molecule has 17 heavy (non-hydrogen) atoms. The van der Waals surface area contributed by atoms with E-state index in [2.05, 4.69) is 10.3 Å². The standard InChI is InChI=1S/C12H13N3O2/c16-11-6-10-9(14-11)3-5-15(10)12(17)8-2-1-4-13-7-8/h1-2,4,7,9-10H,3,5-6H2,(H,14,16). The number of aromatic nitrogens is 1. The predicted octanol–water partition coefficient (Wildman–Crippen LogP) is 0.185. The number of rotatable bonds is 1. The summed E-state index contributed by atoms with van der Waals surface area (Å²) in [5.74, 6) is 0.0192. The number of nitrogens with zero attached hydrogens (tertiary/aromatic N) is 2. The van der Waals surface area contributed by atoms with E-state index in [9.17, 15) is 9.59 Å². The summed E-state index contributed by atoms with van der Waals surface area (Å²) in [7, 11) is 0. The van der Waals surface area contributed by atoms with Crippen LogP contribution in [0, 0.1) is 0 Å². The first kappa shape index (κ1) is 10.3. The second kappa shape index (κ2) is 3.84. The highest BCUT2D eigenvalue weighted by molar-refractivity contribution is 5.95. The summed E-state index contributed by atoms with van der Waals surface area (Å²) in [4.78, 5) is 29.3. The maximum Gasteiger partial charge on any atom is 0.255 e. The summed E-state index contributed by atoms with van der Waals surface area (Å²) < 4.78 is 0. The van der Waals surface area contributed by atoms with Crippen LogP contribution in [0.25, 0.3) is 0 Å². The molecule has 5 heteroatoms. The Hall–Kier alpha value is -1.91. The summed E-state index contributed by atoms with van der Waals surface area (Å²) in [6.07, 6.45) is 4.49. The van der Waals surface area contributed by atoms with Crippen LogP contribution in [-0.4, -0.2) is 40.3 Å². The van der Waals surface area contributed by atoms with E-state index >= 15 is 0 Å². The summed E-state index contributed by atoms with van der Waals surface area (Å²) >= 11 is 0. The molecule has 2 unspecified atom stereocenters. The van der Waals surface area contributed by atoms with Crippen LogP contribution in [0.4, 0.5) is 0 Å². The van der Waals surface area contributed by atoms with Gasteiger partial charge < -0.3 is 10.2 Å². The van der Waals surface area contributed by atoms with Gasteiger partial charge >= 0.3 is 0 Å². The van der Waals surface area contributed by atoms with Gasteiger partial charge in [0.1, 0.15) is 0 Å². The van der Waals surface area contributed by atoms with Crippen molar-refractivity contribution in [3.63, 3.8) is 0 Å². The largest absolute Gasteiger partial charge is 0.351 e. The smallest absolute Gasteiger partial charge is 0.255 e. The van der Waals surface area contributed by atoms with Gasteiger partial charge in [-0.3, -0.25) is 14.6 Å². The Morgan fingerprint density at radius 2 is 2.41 bits per heavy atom. The summed E-state index contributed by atoms with van der Waals surface area (Å²) in [6.45, 7) is 0.712. The molecule has 1 N–H and O–H groups in total. The molecule has 0 bridgehead atoms. The molecule has 0 aliphatic carbocycles. The van der Waals surface area contributed by atoms with Crippen LogP contribution in [0.2, 0.25) is 0 Å². The monoisotopic (exact) mass is 231 g/mol. The minimum Gasteiger partial charge on any atom is -0.351 e. The first-order valence-electron chi connectivity index (χ1n) is 5.76. The molecule has 3 heterocycles. The van der Waals surface area contributed by atoms with Gasteiger partial charge in [0.25, 0.3) is 5.91 Å². The Kier molecular flexibility index (Phi) is 2.31. The topological polar surface area (TPSA) is 62.3 Å². The number of likely N-dealkylation sites (tertiary alicyclic amines) is 1. The summed E-state index contributed by atoms with van der Waals surface area (Å²) in [5, 5.41) is 2.90. The van der Waals surface area contributed by atoms with Crippen LogP contribution >= 0.6 is 0 Å². The highest BCUT2D eigenvalue weighted by Crippen LogP contribution is 2.26. The van der Waals surface area contributed by atoms with E-state index < -0.39 is 0 Å². The summed E-state index contributed by atoms with van der Waals surface area (Å²) in [6, 6.07) is 3.67. The molecule has 2 saturated heterocycles. The zero-order valence-corrected chi connectivity index (χ0v) is 9.30. The fraction of sp³-hybridized carbons (Fsp3) is 0.417. The molecule has 0 saturated carbocycles. The van der Waals surface area contributed by atoms with Gasteiger partial charge in [0.2, 0.25) is 5.91 Å². The van der Waals surface area contributed by atoms with Crippen LogP contribution in [0.1, 0.15) is 23.2 Å². The highest BCUT2D eigenvalue weighted by Gasteiger charge is 2.43. The molecule has 0 aromatic carbocycles. The molecular formula is C12H13N3O2. The van der Waals surface area contributed by atoms with Gasteiger partial charge in [0.15, 0.2) is 0 Å².